The van der Waals surface area contributed by atoms with Gasteiger partial charge in [0.25, 0.3) is 5.91 Å². The first-order valence-corrected chi connectivity index (χ1v) is 10.9. The van der Waals surface area contributed by atoms with Crippen LogP contribution in [0.15, 0.2) is 54.7 Å². The zero-order valence-electron chi connectivity index (χ0n) is 17.9. The second-order valence-corrected chi connectivity index (χ2v) is 8.18. The van der Waals surface area contributed by atoms with Crippen molar-refractivity contribution in [2.24, 2.45) is 0 Å². The van der Waals surface area contributed by atoms with Crippen LogP contribution < -0.4 is 5.48 Å². The Labute approximate surface area is 187 Å². The summed E-state index contributed by atoms with van der Waals surface area (Å²) in [5.74, 6) is -0.569. The summed E-state index contributed by atoms with van der Waals surface area (Å²) < 4.78 is 0. The van der Waals surface area contributed by atoms with E-state index < -0.39 is 5.91 Å². The molecule has 3 aromatic rings. The number of aryl methyl sites for hydroxylation is 1. The third-order valence-corrected chi connectivity index (χ3v) is 6.32. The molecule has 1 heterocycles. The lowest BCUT2D eigenvalue weighted by Gasteiger charge is -2.35. The van der Waals surface area contributed by atoms with Gasteiger partial charge in [-0.15, -0.1) is 0 Å². The first-order valence-electron chi connectivity index (χ1n) is 10.9. The van der Waals surface area contributed by atoms with Crippen LogP contribution in [0, 0.1) is 0 Å². The van der Waals surface area contributed by atoms with E-state index >= 15 is 0 Å². The number of aromatic amines is 1. The van der Waals surface area contributed by atoms with Crippen molar-refractivity contribution in [2.75, 3.05) is 19.8 Å². The van der Waals surface area contributed by atoms with Crippen LogP contribution in [0.25, 0.3) is 17.0 Å². The normalized spacial score (nSPS) is 16.7. The van der Waals surface area contributed by atoms with Gasteiger partial charge in [0.15, 0.2) is 0 Å². The molecule has 1 amide bonds. The molecule has 0 saturated carbocycles. The third-order valence-electron chi connectivity index (χ3n) is 6.32. The number of hydrogen-bond acceptors (Lipinski definition) is 5. The molecule has 1 aliphatic rings. The van der Waals surface area contributed by atoms with Gasteiger partial charge in [-0.25, -0.2) is 5.48 Å². The highest BCUT2D eigenvalue weighted by Crippen LogP contribution is 2.38. The average molecular weight is 436 g/mol. The summed E-state index contributed by atoms with van der Waals surface area (Å²) in [6.45, 7) is 0.506. The summed E-state index contributed by atoms with van der Waals surface area (Å²) in [6, 6.07) is 14.2. The van der Waals surface area contributed by atoms with Crippen molar-refractivity contribution in [1.82, 2.24) is 15.4 Å². The standard InChI is InChI=1S/C25H29N3O4/c29-12-11-28(20(16-30)14-19-15-26-23-4-2-1-3-21(19)23)24-9-7-18-13-17(5-8-22(18)24)6-10-25(31)27-32/h1-6,8,10,13,15,20,24,26,29-30,32H,7,9,11-12,14,16H2,(H,27,31)/b10-6+/t20-,24+/m0/s1. The predicted molar refractivity (Wildman–Crippen MR) is 123 cm³/mol. The fraction of sp³-hybridized carbons (Fsp3) is 0.320. The van der Waals surface area contributed by atoms with Crippen molar-refractivity contribution in [3.63, 3.8) is 0 Å². The first kappa shape index (κ1) is 22.2. The molecular weight excluding hydrogens is 406 g/mol. The van der Waals surface area contributed by atoms with Gasteiger partial charge in [0.2, 0.25) is 0 Å². The molecule has 0 radical (unpaired) electrons. The van der Waals surface area contributed by atoms with Crippen LogP contribution in [0.2, 0.25) is 0 Å². The molecule has 1 aliphatic carbocycles. The molecular formula is C25H29N3O4. The van der Waals surface area contributed by atoms with E-state index in [2.05, 4.69) is 28.1 Å². The van der Waals surface area contributed by atoms with E-state index in [0.717, 1.165) is 34.9 Å². The maximum absolute atomic E-state index is 11.2. The van der Waals surface area contributed by atoms with E-state index in [0.29, 0.717) is 13.0 Å². The fourth-order valence-corrected chi connectivity index (χ4v) is 4.82. The van der Waals surface area contributed by atoms with Gasteiger partial charge in [0.1, 0.15) is 0 Å². The molecule has 1 aromatic heterocycles. The van der Waals surface area contributed by atoms with Gasteiger partial charge in [0.05, 0.1) is 13.2 Å². The highest BCUT2D eigenvalue weighted by atomic mass is 16.5. The van der Waals surface area contributed by atoms with Crippen molar-refractivity contribution in [3.05, 3.63) is 77.0 Å². The number of carbonyl (C=O) groups excluding carboxylic acids is 1. The largest absolute Gasteiger partial charge is 0.395 e. The van der Waals surface area contributed by atoms with Crippen LogP contribution in [0.5, 0.6) is 0 Å². The second-order valence-electron chi connectivity index (χ2n) is 8.18. The zero-order valence-corrected chi connectivity index (χ0v) is 17.9. The number of amides is 1. The summed E-state index contributed by atoms with van der Waals surface area (Å²) in [5.41, 5.74) is 7.11. The average Bonchev–Trinajstić information content (AvgIpc) is 3.43. The minimum Gasteiger partial charge on any atom is -0.395 e. The highest BCUT2D eigenvalue weighted by molar-refractivity contribution is 5.90. The van der Waals surface area contributed by atoms with E-state index in [1.54, 1.807) is 11.6 Å². The number of rotatable bonds is 9. The van der Waals surface area contributed by atoms with Crippen LogP contribution in [0.1, 0.15) is 34.7 Å². The van der Waals surface area contributed by atoms with E-state index in [1.807, 2.05) is 30.5 Å². The third kappa shape index (κ3) is 4.61. The smallest absolute Gasteiger partial charge is 0.267 e. The van der Waals surface area contributed by atoms with Gasteiger partial charge in [-0.3, -0.25) is 14.9 Å². The number of nitrogens with zero attached hydrogens (tertiary/aromatic N) is 1. The van der Waals surface area contributed by atoms with Crippen LogP contribution in [-0.2, 0) is 17.6 Å². The Kier molecular flexibility index (Phi) is 7.02. The number of para-hydroxylation sites is 1. The molecule has 32 heavy (non-hydrogen) atoms. The number of nitrogens with one attached hydrogen (secondary N) is 2. The van der Waals surface area contributed by atoms with Crippen LogP contribution in [0.4, 0.5) is 0 Å². The SMILES string of the molecule is O=C(/C=C/c1ccc2c(c1)CC[C@H]2N(CCO)[C@H](CO)Cc1c[nH]c2ccccc12)NO. The van der Waals surface area contributed by atoms with E-state index in [4.69, 9.17) is 5.21 Å². The number of hydroxylamine groups is 1. The molecule has 7 nitrogen and oxygen atoms in total. The Bertz CT molecular complexity index is 1110. The van der Waals surface area contributed by atoms with Gasteiger partial charge >= 0.3 is 0 Å². The number of hydrogen-bond donors (Lipinski definition) is 5. The minimum absolute atomic E-state index is 0.00241. The second kappa shape index (κ2) is 10.1. The van der Waals surface area contributed by atoms with Gasteiger partial charge in [-0.2, -0.15) is 0 Å². The van der Waals surface area contributed by atoms with Crippen molar-refractivity contribution in [1.29, 1.82) is 0 Å². The molecule has 0 aliphatic heterocycles. The van der Waals surface area contributed by atoms with E-state index in [-0.39, 0.29) is 25.3 Å². The molecule has 168 valence electrons. The molecule has 0 bridgehead atoms. The van der Waals surface area contributed by atoms with Crippen molar-refractivity contribution >= 4 is 22.9 Å². The van der Waals surface area contributed by atoms with Crippen molar-refractivity contribution in [2.45, 2.75) is 31.3 Å². The number of aliphatic hydroxyl groups is 2. The van der Waals surface area contributed by atoms with Gasteiger partial charge in [-0.05, 0) is 53.7 Å². The number of aromatic nitrogens is 1. The number of aliphatic hydroxyl groups excluding tert-OH is 2. The predicted octanol–water partition coefficient (Wildman–Crippen LogP) is 2.57. The molecule has 2 atom stereocenters. The number of benzene rings is 2. The molecule has 4 rings (SSSR count). The minimum atomic E-state index is -0.569. The summed E-state index contributed by atoms with van der Waals surface area (Å²) >= 11 is 0. The maximum atomic E-state index is 11.2. The van der Waals surface area contributed by atoms with E-state index in [1.165, 1.54) is 17.2 Å². The monoisotopic (exact) mass is 435 g/mol. The van der Waals surface area contributed by atoms with E-state index in [9.17, 15) is 15.0 Å². The van der Waals surface area contributed by atoms with Crippen molar-refractivity contribution in [3.8, 4) is 0 Å². The Morgan fingerprint density at radius 2 is 2.09 bits per heavy atom. The lowest BCUT2D eigenvalue weighted by Crippen LogP contribution is -2.43. The fourth-order valence-electron chi connectivity index (χ4n) is 4.82. The molecule has 0 unspecified atom stereocenters. The summed E-state index contributed by atoms with van der Waals surface area (Å²) in [7, 11) is 0. The molecule has 0 spiro atoms. The van der Waals surface area contributed by atoms with Gasteiger partial charge in [-0.1, -0.05) is 36.4 Å². The van der Waals surface area contributed by atoms with Crippen LogP contribution in [-0.4, -0.2) is 57.0 Å². The first-order chi connectivity index (χ1) is 15.6. The number of carbonyl (C=O) groups is 1. The summed E-state index contributed by atoms with van der Waals surface area (Å²) in [6.07, 6.45) is 7.44. The van der Waals surface area contributed by atoms with Gasteiger partial charge in [0, 0.05) is 41.8 Å². The zero-order chi connectivity index (χ0) is 22.5. The lowest BCUT2D eigenvalue weighted by molar-refractivity contribution is -0.124. The molecule has 5 N–H and O–H groups in total. The Morgan fingerprint density at radius 1 is 1.25 bits per heavy atom. The number of H-pyrrole nitrogens is 1. The van der Waals surface area contributed by atoms with Crippen LogP contribution >= 0.6 is 0 Å². The Balaban J connectivity index is 1.57. The Hall–Kier alpha value is -2.97. The molecule has 0 saturated heterocycles. The van der Waals surface area contributed by atoms with Crippen LogP contribution in [0.3, 0.4) is 0 Å². The highest BCUT2D eigenvalue weighted by Gasteiger charge is 2.32. The lowest BCUT2D eigenvalue weighted by atomic mass is 9.99. The topological polar surface area (TPSA) is 109 Å². The molecule has 2 aromatic carbocycles. The summed E-state index contributed by atoms with van der Waals surface area (Å²) in [4.78, 5) is 16.8. The maximum Gasteiger partial charge on any atom is 0.267 e. The molecule has 0 fully saturated rings. The molecule has 7 heteroatoms. The number of fused-ring (bicyclic) bond motifs is 2. The summed E-state index contributed by atoms with van der Waals surface area (Å²) in [5, 5.41) is 29.9. The van der Waals surface area contributed by atoms with Gasteiger partial charge < -0.3 is 15.2 Å². The van der Waals surface area contributed by atoms with Crippen molar-refractivity contribution < 1.29 is 20.2 Å². The quantitative estimate of drug-likeness (QED) is 0.202. The Morgan fingerprint density at radius 3 is 2.88 bits per heavy atom.